The highest BCUT2D eigenvalue weighted by Crippen LogP contribution is 2.05. The average molecular weight is 619 g/mol. The second kappa shape index (κ2) is 17.5. The van der Waals surface area contributed by atoms with E-state index in [-0.39, 0.29) is 17.9 Å². The molecule has 41 heavy (non-hydrogen) atoms. The average Bonchev–Trinajstić information content (AvgIpc) is 3.44. The molecule has 0 aliphatic carbocycles. The van der Waals surface area contributed by atoms with Crippen LogP contribution < -0.4 is 32.3 Å². The molecule has 230 valence electrons. The van der Waals surface area contributed by atoms with E-state index in [1.165, 1.54) is 19.4 Å². The first kappa shape index (κ1) is 35.7. The van der Waals surface area contributed by atoms with Crippen molar-refractivity contribution in [2.45, 2.75) is 63.4 Å². The van der Waals surface area contributed by atoms with E-state index in [0.29, 0.717) is 5.69 Å². The zero-order chi connectivity index (χ0) is 31.3. The number of nitrogens with zero attached hydrogens (tertiary/aromatic N) is 1. The Labute approximate surface area is 247 Å². The number of carbonyl (C=O) groups is 6. The van der Waals surface area contributed by atoms with Gasteiger partial charge in [0.15, 0.2) is 0 Å². The van der Waals surface area contributed by atoms with Crippen molar-refractivity contribution in [2.24, 2.45) is 11.7 Å². The number of carboxylic acid groups (broad SMARTS) is 1. The van der Waals surface area contributed by atoms with Crippen LogP contribution >= 0.6 is 25.3 Å². The Hall–Kier alpha value is -3.35. The van der Waals surface area contributed by atoms with E-state index in [2.05, 4.69) is 61.8 Å². The van der Waals surface area contributed by atoms with E-state index >= 15 is 0 Å². The van der Waals surface area contributed by atoms with Crippen molar-refractivity contribution in [3.63, 3.8) is 0 Å². The van der Waals surface area contributed by atoms with E-state index in [0.717, 1.165) is 0 Å². The highest BCUT2D eigenvalue weighted by Gasteiger charge is 2.32. The van der Waals surface area contributed by atoms with Crippen LogP contribution in [0, 0.1) is 5.92 Å². The molecular weight excluding hydrogens is 580 g/mol. The maximum absolute atomic E-state index is 13.0. The van der Waals surface area contributed by atoms with Crippen LogP contribution in [0.15, 0.2) is 12.5 Å². The van der Waals surface area contributed by atoms with Gasteiger partial charge in [-0.25, -0.2) is 9.78 Å². The summed E-state index contributed by atoms with van der Waals surface area (Å²) in [6.45, 7) is 3.75. The molecule has 0 aliphatic rings. The minimum Gasteiger partial charge on any atom is -0.480 e. The second-order valence-electron chi connectivity index (χ2n) is 9.42. The number of carboxylic acids is 1. The van der Waals surface area contributed by atoms with Crippen molar-refractivity contribution in [3.05, 3.63) is 18.2 Å². The summed E-state index contributed by atoms with van der Waals surface area (Å²) in [5.41, 5.74) is 6.23. The Balaban J connectivity index is 2.91. The van der Waals surface area contributed by atoms with Gasteiger partial charge >= 0.3 is 5.97 Å². The molecule has 1 aromatic rings. The third-order valence-electron chi connectivity index (χ3n) is 5.76. The van der Waals surface area contributed by atoms with Gasteiger partial charge in [0, 0.05) is 29.8 Å². The standard InChI is InChI=1S/C23H38N8O8S2/c1-10(2)17(22(37)29-15(6-32)21(36)30-16(8-41)23(38)39)31-18(33)11(3)27-20(35)14(4-12-5-25-9-26-12)28-19(34)13(24)7-40/h5,9-11,13-17,32,40-41H,4,6-8,24H2,1-3H3,(H,25,26)(H,27,35)(H,28,34)(H,29,37)(H,30,36)(H,31,33)(H,38,39)/t11-,13-,14-,15-,16-,17-/m0/s1. The Bertz CT molecular complexity index is 1060. The minimum atomic E-state index is -1.50. The number of nitrogens with one attached hydrogen (secondary N) is 6. The summed E-state index contributed by atoms with van der Waals surface area (Å²) in [5, 5.41) is 30.6. The van der Waals surface area contributed by atoms with Crippen molar-refractivity contribution in [1.82, 2.24) is 36.6 Å². The Kier molecular flexibility index (Phi) is 15.2. The Morgan fingerprint density at radius 1 is 0.854 bits per heavy atom. The molecule has 0 fully saturated rings. The molecule has 16 nitrogen and oxygen atoms in total. The molecule has 0 saturated carbocycles. The molecule has 18 heteroatoms. The van der Waals surface area contributed by atoms with Crippen LogP contribution in [0.2, 0.25) is 0 Å². The minimum absolute atomic E-state index is 0.0167. The lowest BCUT2D eigenvalue weighted by Gasteiger charge is -2.27. The van der Waals surface area contributed by atoms with Gasteiger partial charge in [0.25, 0.3) is 0 Å². The van der Waals surface area contributed by atoms with Crippen molar-refractivity contribution in [1.29, 1.82) is 0 Å². The van der Waals surface area contributed by atoms with Crippen LogP contribution in [-0.2, 0) is 35.2 Å². The lowest BCUT2D eigenvalue weighted by molar-refractivity contribution is -0.142. The first-order valence-electron chi connectivity index (χ1n) is 12.6. The number of amides is 5. The number of rotatable bonds is 17. The number of aromatic nitrogens is 2. The number of carbonyl (C=O) groups excluding carboxylic acids is 5. The molecule has 5 amide bonds. The molecule has 0 bridgehead atoms. The maximum Gasteiger partial charge on any atom is 0.327 e. The van der Waals surface area contributed by atoms with Gasteiger partial charge < -0.3 is 47.5 Å². The fourth-order valence-electron chi connectivity index (χ4n) is 3.29. The van der Waals surface area contributed by atoms with Gasteiger partial charge in [-0.2, -0.15) is 25.3 Å². The number of hydrogen-bond acceptors (Lipinski definition) is 11. The smallest absolute Gasteiger partial charge is 0.327 e. The first-order chi connectivity index (χ1) is 19.2. The lowest BCUT2D eigenvalue weighted by atomic mass is 10.0. The summed E-state index contributed by atoms with van der Waals surface area (Å²) in [5.74, 6) is -5.91. The molecule has 0 aliphatic heterocycles. The SMILES string of the molecule is CC(C)[C@H](NC(=O)[C@H](C)NC(=O)[C@H](Cc1cnc[nH]1)NC(=O)[C@@H](N)CS)C(=O)N[C@@H](CO)C(=O)N[C@@H](CS)C(=O)O. The molecule has 1 aromatic heterocycles. The van der Waals surface area contributed by atoms with Crippen LogP contribution in [0.25, 0.3) is 0 Å². The summed E-state index contributed by atoms with van der Waals surface area (Å²) < 4.78 is 0. The van der Waals surface area contributed by atoms with Gasteiger partial charge in [-0.1, -0.05) is 13.8 Å². The number of aliphatic hydroxyl groups is 1. The number of aliphatic carboxylic acids is 1. The molecule has 10 N–H and O–H groups in total. The fourth-order valence-corrected chi connectivity index (χ4v) is 3.71. The molecule has 0 saturated heterocycles. The summed E-state index contributed by atoms with van der Waals surface area (Å²) >= 11 is 7.82. The number of nitrogens with two attached hydrogens (primary N) is 1. The molecule has 0 radical (unpaired) electrons. The predicted molar refractivity (Wildman–Crippen MR) is 153 cm³/mol. The zero-order valence-corrected chi connectivity index (χ0v) is 24.6. The van der Waals surface area contributed by atoms with Crippen LogP contribution in [0.5, 0.6) is 0 Å². The Morgan fingerprint density at radius 2 is 1.44 bits per heavy atom. The molecule has 6 atom stereocenters. The van der Waals surface area contributed by atoms with Gasteiger partial charge in [0.1, 0.15) is 30.2 Å². The van der Waals surface area contributed by atoms with Gasteiger partial charge in [-0.15, -0.1) is 0 Å². The number of hydrogen-bond donors (Lipinski definition) is 11. The largest absolute Gasteiger partial charge is 0.480 e. The van der Waals surface area contributed by atoms with Crippen molar-refractivity contribution >= 4 is 60.8 Å². The van der Waals surface area contributed by atoms with Gasteiger partial charge in [0.05, 0.1) is 19.0 Å². The van der Waals surface area contributed by atoms with Crippen molar-refractivity contribution in [2.75, 3.05) is 18.1 Å². The monoisotopic (exact) mass is 618 g/mol. The van der Waals surface area contributed by atoms with Crippen LogP contribution in [0.4, 0.5) is 0 Å². The van der Waals surface area contributed by atoms with Gasteiger partial charge in [0.2, 0.25) is 29.5 Å². The first-order valence-corrected chi connectivity index (χ1v) is 13.8. The third-order valence-corrected chi connectivity index (χ3v) is 6.52. The summed E-state index contributed by atoms with van der Waals surface area (Å²) in [6.07, 6.45) is 2.88. The van der Waals surface area contributed by atoms with Crippen molar-refractivity contribution < 1.29 is 39.0 Å². The molecule has 1 heterocycles. The zero-order valence-electron chi connectivity index (χ0n) is 22.8. The number of aromatic amines is 1. The van der Waals surface area contributed by atoms with E-state index in [1.807, 2.05) is 0 Å². The Morgan fingerprint density at radius 3 is 1.93 bits per heavy atom. The van der Waals surface area contributed by atoms with Crippen LogP contribution in [-0.4, -0.2) is 110 Å². The molecule has 0 unspecified atom stereocenters. The summed E-state index contributed by atoms with van der Waals surface area (Å²) in [4.78, 5) is 81.4. The number of aliphatic hydroxyl groups excluding tert-OH is 1. The fraction of sp³-hybridized carbons (Fsp3) is 0.609. The van der Waals surface area contributed by atoms with Crippen molar-refractivity contribution in [3.8, 4) is 0 Å². The highest BCUT2D eigenvalue weighted by molar-refractivity contribution is 7.80. The van der Waals surface area contributed by atoms with E-state index < -0.39 is 84.3 Å². The topological polar surface area (TPSA) is 258 Å². The van der Waals surface area contributed by atoms with Gasteiger partial charge in [-0.05, 0) is 12.8 Å². The molecule has 0 aromatic carbocycles. The van der Waals surface area contributed by atoms with E-state index in [9.17, 15) is 33.9 Å². The van der Waals surface area contributed by atoms with Crippen LogP contribution in [0.3, 0.4) is 0 Å². The number of imidazole rings is 1. The normalized spacial score (nSPS) is 15.4. The molecular formula is C23H38N8O8S2. The molecule has 0 spiro atoms. The third kappa shape index (κ3) is 11.6. The maximum atomic E-state index is 13.0. The summed E-state index contributed by atoms with van der Waals surface area (Å²) in [6, 6.07) is -7.31. The quantitative estimate of drug-likeness (QED) is 0.0762. The predicted octanol–water partition coefficient (Wildman–Crippen LogP) is -3.68. The second-order valence-corrected chi connectivity index (χ2v) is 10.1. The van der Waals surface area contributed by atoms with Gasteiger partial charge in [-0.3, -0.25) is 24.0 Å². The number of H-pyrrole nitrogens is 1. The molecule has 1 rings (SSSR count). The van der Waals surface area contributed by atoms with Crippen LogP contribution in [0.1, 0.15) is 26.5 Å². The van der Waals surface area contributed by atoms with E-state index in [1.54, 1.807) is 13.8 Å². The lowest BCUT2D eigenvalue weighted by Crippen LogP contribution is -2.60. The summed E-state index contributed by atoms with van der Waals surface area (Å²) in [7, 11) is 0. The number of thiol groups is 2. The van der Waals surface area contributed by atoms with E-state index in [4.69, 9.17) is 10.8 Å². The highest BCUT2D eigenvalue weighted by atomic mass is 32.1.